The molecule has 9 heteroatoms. The minimum absolute atomic E-state index is 0.189. The zero-order chi connectivity index (χ0) is 21.1. The quantitative estimate of drug-likeness (QED) is 0.379. The molecule has 1 heterocycles. The fraction of sp³-hybridized carbons (Fsp3) is 0.200. The number of halogens is 1. The van der Waals surface area contributed by atoms with Crippen LogP contribution in [0.3, 0.4) is 0 Å². The average Bonchev–Trinajstić information content (AvgIpc) is 3.06. The highest BCUT2D eigenvalue weighted by molar-refractivity contribution is 6.30. The van der Waals surface area contributed by atoms with E-state index in [-0.39, 0.29) is 6.61 Å². The van der Waals surface area contributed by atoms with E-state index in [1.807, 2.05) is 56.4 Å². The number of urea groups is 1. The molecule has 0 aliphatic rings. The van der Waals surface area contributed by atoms with E-state index >= 15 is 0 Å². The molecule has 152 valence electrons. The lowest BCUT2D eigenvalue weighted by atomic mass is 10.1. The van der Waals surface area contributed by atoms with Gasteiger partial charge in [-0.15, -0.1) is 5.10 Å². The molecule has 0 saturated carbocycles. The predicted molar refractivity (Wildman–Crippen MR) is 113 cm³/mol. The zero-order valence-electron chi connectivity index (χ0n) is 16.5. The van der Waals surface area contributed by atoms with Crippen molar-refractivity contribution in [3.05, 3.63) is 64.7 Å². The molecule has 0 atom stereocenters. The van der Waals surface area contributed by atoms with Crippen molar-refractivity contribution in [3.63, 3.8) is 0 Å². The molecular weight excluding hydrogens is 392 g/mol. The third kappa shape index (κ3) is 4.51. The van der Waals surface area contributed by atoms with E-state index in [9.17, 15) is 4.79 Å². The van der Waals surface area contributed by atoms with Crippen LogP contribution in [0.2, 0.25) is 5.02 Å². The van der Waals surface area contributed by atoms with Gasteiger partial charge in [-0.25, -0.2) is 21.5 Å². The number of aryl methyl sites for hydroxylation is 2. The van der Waals surface area contributed by atoms with Crippen molar-refractivity contribution < 1.29 is 9.53 Å². The highest BCUT2D eigenvalue weighted by Crippen LogP contribution is 2.27. The molecule has 2 amide bonds. The topological polar surface area (TPSA) is 103 Å². The highest BCUT2D eigenvalue weighted by atomic mass is 35.5. The van der Waals surface area contributed by atoms with Crippen LogP contribution in [0.4, 0.5) is 10.5 Å². The third-order valence-corrected chi connectivity index (χ3v) is 4.77. The van der Waals surface area contributed by atoms with Crippen LogP contribution in [0, 0.1) is 6.92 Å². The van der Waals surface area contributed by atoms with E-state index in [1.165, 1.54) is 7.05 Å². The summed E-state index contributed by atoms with van der Waals surface area (Å²) in [6.07, 6.45) is 0. The van der Waals surface area contributed by atoms with Gasteiger partial charge in [0.15, 0.2) is 0 Å². The Morgan fingerprint density at radius 2 is 1.90 bits per heavy atom. The number of carbonyl (C=O) groups excluding carboxylic acids is 1. The Labute approximate surface area is 174 Å². The maximum atomic E-state index is 12.1. The Bertz CT molecular complexity index is 1020. The summed E-state index contributed by atoms with van der Waals surface area (Å²) >= 11 is 5.96. The van der Waals surface area contributed by atoms with Crippen molar-refractivity contribution >= 4 is 23.3 Å². The van der Waals surface area contributed by atoms with Crippen LogP contribution < -0.4 is 21.4 Å². The molecule has 0 spiro atoms. The summed E-state index contributed by atoms with van der Waals surface area (Å²) in [5.41, 5.74) is 4.08. The molecule has 4 N–H and O–H groups in total. The Balaban J connectivity index is 1.83. The molecule has 0 aliphatic heterocycles. The van der Waals surface area contributed by atoms with E-state index < -0.39 is 6.03 Å². The van der Waals surface area contributed by atoms with Gasteiger partial charge in [-0.3, -0.25) is 9.69 Å². The average molecular weight is 415 g/mol. The van der Waals surface area contributed by atoms with Gasteiger partial charge < -0.3 is 4.74 Å². The number of hydrogen-bond donors (Lipinski definition) is 2. The number of anilines is 1. The molecule has 0 radical (unpaired) electrons. The minimum Gasteiger partial charge on any atom is -0.472 e. The van der Waals surface area contributed by atoms with Crippen LogP contribution in [0.1, 0.15) is 11.1 Å². The number of nitrogens with zero attached hydrogens (tertiary/aromatic N) is 4. The second kappa shape index (κ2) is 8.52. The lowest BCUT2D eigenvalue weighted by Crippen LogP contribution is -2.49. The molecule has 1 aromatic heterocycles. The standard InChI is InChI=1S/C20H23ClN6O2/c1-13-5-4-6-17(27(23)20(28)25(2)22)16(13)12-29-19-11-18(26(3)24-19)14-7-9-15(21)10-8-14/h4-11H,12,22-23H2,1-3H3. The van der Waals surface area contributed by atoms with Crippen molar-refractivity contribution in [1.29, 1.82) is 0 Å². The minimum atomic E-state index is -0.542. The van der Waals surface area contributed by atoms with Gasteiger partial charge in [0.1, 0.15) is 6.61 Å². The van der Waals surface area contributed by atoms with E-state index in [2.05, 4.69) is 5.10 Å². The van der Waals surface area contributed by atoms with Crippen molar-refractivity contribution in [1.82, 2.24) is 14.8 Å². The van der Waals surface area contributed by atoms with Crippen molar-refractivity contribution in [2.24, 2.45) is 18.7 Å². The predicted octanol–water partition coefficient (Wildman–Crippen LogP) is 3.23. The lowest BCUT2D eigenvalue weighted by molar-refractivity contribution is 0.216. The van der Waals surface area contributed by atoms with E-state index in [0.717, 1.165) is 32.4 Å². The van der Waals surface area contributed by atoms with Crippen LogP contribution in [0.25, 0.3) is 11.3 Å². The van der Waals surface area contributed by atoms with Crippen molar-refractivity contribution in [3.8, 4) is 17.1 Å². The SMILES string of the molecule is Cc1cccc(N(N)C(=O)N(C)N)c1COc1cc(-c2ccc(Cl)cc2)n(C)n1. The van der Waals surface area contributed by atoms with Gasteiger partial charge in [-0.05, 0) is 30.7 Å². The Hall–Kier alpha value is -3.07. The normalized spacial score (nSPS) is 10.7. The molecule has 29 heavy (non-hydrogen) atoms. The summed E-state index contributed by atoms with van der Waals surface area (Å²) in [7, 11) is 3.27. The Kier molecular flexibility index (Phi) is 6.07. The first-order chi connectivity index (χ1) is 13.8. The Morgan fingerprint density at radius 3 is 2.55 bits per heavy atom. The van der Waals surface area contributed by atoms with Crippen LogP contribution in [0.5, 0.6) is 5.88 Å². The van der Waals surface area contributed by atoms with Gasteiger partial charge in [-0.2, -0.15) is 0 Å². The van der Waals surface area contributed by atoms with Gasteiger partial charge in [0.25, 0.3) is 0 Å². The number of aromatic nitrogens is 2. The molecule has 0 fully saturated rings. The molecule has 3 aromatic rings. The smallest absolute Gasteiger partial charge is 0.352 e. The van der Waals surface area contributed by atoms with E-state index in [1.54, 1.807) is 10.7 Å². The molecule has 3 rings (SSSR count). The van der Waals surface area contributed by atoms with Crippen molar-refractivity contribution in [2.75, 3.05) is 12.1 Å². The molecular formula is C20H23ClN6O2. The highest BCUT2D eigenvalue weighted by Gasteiger charge is 2.19. The molecule has 0 bridgehead atoms. The zero-order valence-corrected chi connectivity index (χ0v) is 17.2. The number of benzene rings is 2. The Morgan fingerprint density at radius 1 is 1.21 bits per heavy atom. The maximum Gasteiger partial charge on any atom is 0.352 e. The molecule has 8 nitrogen and oxygen atoms in total. The second-order valence-corrected chi connectivity index (χ2v) is 7.06. The fourth-order valence-corrected chi connectivity index (χ4v) is 3.05. The number of hydrogen-bond acceptors (Lipinski definition) is 5. The van der Waals surface area contributed by atoms with Crippen LogP contribution in [-0.2, 0) is 13.7 Å². The summed E-state index contributed by atoms with van der Waals surface area (Å²) in [5, 5.41) is 7.01. The summed E-state index contributed by atoms with van der Waals surface area (Å²) in [4.78, 5) is 12.1. The van der Waals surface area contributed by atoms with E-state index in [0.29, 0.717) is 16.6 Å². The number of amides is 2. The monoisotopic (exact) mass is 414 g/mol. The summed E-state index contributed by atoms with van der Waals surface area (Å²) in [6, 6.07) is 14.3. The number of hydrazine groups is 2. The maximum absolute atomic E-state index is 12.1. The fourth-order valence-electron chi connectivity index (χ4n) is 2.92. The van der Waals surface area contributed by atoms with E-state index in [4.69, 9.17) is 28.0 Å². The second-order valence-electron chi connectivity index (χ2n) is 6.62. The number of ether oxygens (including phenoxy) is 1. The lowest BCUT2D eigenvalue weighted by Gasteiger charge is -2.24. The van der Waals surface area contributed by atoms with Crippen molar-refractivity contribution in [2.45, 2.75) is 13.5 Å². The molecule has 0 saturated heterocycles. The summed E-state index contributed by atoms with van der Waals surface area (Å²) in [6.45, 7) is 2.11. The van der Waals surface area contributed by atoms with Gasteiger partial charge >= 0.3 is 6.03 Å². The largest absolute Gasteiger partial charge is 0.472 e. The van der Waals surface area contributed by atoms with Crippen LogP contribution in [0.15, 0.2) is 48.5 Å². The van der Waals surface area contributed by atoms with Gasteiger partial charge in [0.05, 0.1) is 11.4 Å². The third-order valence-electron chi connectivity index (χ3n) is 4.51. The molecule has 0 unspecified atom stereocenters. The van der Waals surface area contributed by atoms with Gasteiger partial charge in [-0.1, -0.05) is 35.9 Å². The first-order valence-corrected chi connectivity index (χ1v) is 9.24. The van der Waals surface area contributed by atoms with Gasteiger partial charge in [0.2, 0.25) is 5.88 Å². The van der Waals surface area contributed by atoms with Gasteiger partial charge in [0, 0.05) is 36.3 Å². The van der Waals surface area contributed by atoms with Crippen LogP contribution >= 0.6 is 11.6 Å². The first-order valence-electron chi connectivity index (χ1n) is 8.86. The molecule has 2 aromatic carbocycles. The molecule has 0 aliphatic carbocycles. The number of carbonyl (C=O) groups is 1. The van der Waals surface area contributed by atoms with Crippen LogP contribution in [-0.4, -0.2) is 27.9 Å². The number of rotatable bonds is 5. The summed E-state index contributed by atoms with van der Waals surface area (Å²) in [5.74, 6) is 11.9. The first kappa shape index (κ1) is 20.7. The summed E-state index contributed by atoms with van der Waals surface area (Å²) < 4.78 is 7.65. The number of nitrogens with two attached hydrogens (primary N) is 2.